The molecule has 2 bridgehead atoms. The van der Waals surface area contributed by atoms with Gasteiger partial charge in [0.25, 0.3) is 0 Å². The summed E-state index contributed by atoms with van der Waals surface area (Å²) < 4.78 is 0. The molecule has 4 unspecified atom stereocenters. The average Bonchev–Trinajstić information content (AvgIpc) is 2.96. The number of azo groups is 1. The van der Waals surface area contributed by atoms with Crippen LogP contribution in [-0.4, -0.2) is 11.1 Å². The van der Waals surface area contributed by atoms with Crippen LogP contribution in [0.1, 0.15) is 58.8 Å². The highest BCUT2D eigenvalue weighted by molar-refractivity contribution is 5.30. The number of nitrogens with zero attached hydrogens (tertiary/aromatic N) is 2. The molecular formula is C14H22N2. The number of rotatable bonds is 0. The molecule has 3 fully saturated rings. The van der Waals surface area contributed by atoms with Gasteiger partial charge >= 0.3 is 0 Å². The van der Waals surface area contributed by atoms with Crippen LogP contribution in [0.15, 0.2) is 10.2 Å². The van der Waals surface area contributed by atoms with Crippen LogP contribution in [-0.2, 0) is 0 Å². The zero-order chi connectivity index (χ0) is 11.0. The maximum atomic E-state index is 4.81. The van der Waals surface area contributed by atoms with Gasteiger partial charge in [-0.2, -0.15) is 10.2 Å². The van der Waals surface area contributed by atoms with Crippen LogP contribution in [0, 0.1) is 17.3 Å². The van der Waals surface area contributed by atoms with Gasteiger partial charge in [0.15, 0.2) is 0 Å². The van der Waals surface area contributed by atoms with Crippen molar-refractivity contribution in [1.82, 2.24) is 0 Å². The van der Waals surface area contributed by atoms with Gasteiger partial charge in [-0.25, -0.2) is 0 Å². The van der Waals surface area contributed by atoms with E-state index in [0.29, 0.717) is 5.41 Å². The standard InChI is InChI=1S/C14H22N2/c1-12-10-6-5-7-11(10)13(2,16-15-12)14(12)8-3-4-9-14/h10-11H,3-9H2,1-2H3. The summed E-state index contributed by atoms with van der Waals surface area (Å²) in [7, 11) is 0. The lowest BCUT2D eigenvalue weighted by Gasteiger charge is -2.41. The predicted molar refractivity (Wildman–Crippen MR) is 63.4 cm³/mol. The second-order valence-corrected chi connectivity index (χ2v) is 6.93. The van der Waals surface area contributed by atoms with E-state index in [4.69, 9.17) is 10.2 Å². The molecule has 1 spiro atoms. The average molecular weight is 218 g/mol. The quantitative estimate of drug-likeness (QED) is 0.588. The molecule has 16 heavy (non-hydrogen) atoms. The lowest BCUT2D eigenvalue weighted by molar-refractivity contribution is 0.124. The molecule has 4 rings (SSSR count). The molecule has 2 nitrogen and oxygen atoms in total. The van der Waals surface area contributed by atoms with Gasteiger partial charge < -0.3 is 0 Å². The molecule has 1 heterocycles. The maximum Gasteiger partial charge on any atom is 0.0899 e. The van der Waals surface area contributed by atoms with Crippen molar-refractivity contribution in [3.8, 4) is 0 Å². The summed E-state index contributed by atoms with van der Waals surface area (Å²) in [5.74, 6) is 1.71. The smallest absolute Gasteiger partial charge is 0.0899 e. The highest BCUT2D eigenvalue weighted by Crippen LogP contribution is 2.74. The fourth-order valence-electron chi connectivity index (χ4n) is 6.07. The van der Waals surface area contributed by atoms with Crippen molar-refractivity contribution in [1.29, 1.82) is 0 Å². The Balaban J connectivity index is 1.92. The molecular weight excluding hydrogens is 196 g/mol. The lowest BCUT2D eigenvalue weighted by atomic mass is 9.63. The minimum absolute atomic E-state index is 0.208. The first-order chi connectivity index (χ1) is 7.64. The van der Waals surface area contributed by atoms with E-state index in [-0.39, 0.29) is 11.1 Å². The van der Waals surface area contributed by atoms with Gasteiger partial charge in [-0.3, -0.25) is 0 Å². The van der Waals surface area contributed by atoms with Gasteiger partial charge in [-0.1, -0.05) is 19.3 Å². The number of hydrogen-bond donors (Lipinski definition) is 0. The molecule has 3 saturated carbocycles. The summed E-state index contributed by atoms with van der Waals surface area (Å²) in [5, 5.41) is 9.62. The third-order valence-corrected chi connectivity index (χ3v) is 6.82. The van der Waals surface area contributed by atoms with E-state index in [1.54, 1.807) is 0 Å². The topological polar surface area (TPSA) is 24.7 Å². The van der Waals surface area contributed by atoms with Crippen molar-refractivity contribution in [3.05, 3.63) is 0 Å². The summed E-state index contributed by atoms with van der Waals surface area (Å²) in [4.78, 5) is 0. The molecule has 0 aromatic carbocycles. The third-order valence-electron chi connectivity index (χ3n) is 6.82. The Kier molecular flexibility index (Phi) is 1.53. The summed E-state index contributed by atoms with van der Waals surface area (Å²) in [6.45, 7) is 4.87. The van der Waals surface area contributed by atoms with Gasteiger partial charge in [0, 0.05) is 5.41 Å². The largest absolute Gasteiger partial charge is 0.186 e. The van der Waals surface area contributed by atoms with Gasteiger partial charge in [-0.05, 0) is 51.4 Å². The summed E-state index contributed by atoms with van der Waals surface area (Å²) in [6, 6.07) is 0. The van der Waals surface area contributed by atoms with E-state index < -0.39 is 0 Å². The van der Waals surface area contributed by atoms with E-state index in [2.05, 4.69) is 13.8 Å². The van der Waals surface area contributed by atoms with Crippen molar-refractivity contribution in [3.63, 3.8) is 0 Å². The molecule has 0 aromatic rings. The maximum absolute atomic E-state index is 4.81. The van der Waals surface area contributed by atoms with Crippen molar-refractivity contribution in [2.24, 2.45) is 27.5 Å². The second-order valence-electron chi connectivity index (χ2n) is 6.93. The number of hydrogen-bond acceptors (Lipinski definition) is 2. The number of fused-ring (bicyclic) bond motifs is 3. The second kappa shape index (κ2) is 2.54. The molecule has 4 aliphatic rings. The van der Waals surface area contributed by atoms with Gasteiger partial charge in [-0.15, -0.1) is 0 Å². The Labute approximate surface area is 97.9 Å². The van der Waals surface area contributed by atoms with E-state index >= 15 is 0 Å². The van der Waals surface area contributed by atoms with Crippen molar-refractivity contribution < 1.29 is 0 Å². The zero-order valence-electron chi connectivity index (χ0n) is 10.5. The molecule has 0 radical (unpaired) electrons. The highest BCUT2D eigenvalue weighted by Gasteiger charge is 2.77. The first-order valence-corrected chi connectivity index (χ1v) is 7.08. The third kappa shape index (κ3) is 0.698. The first kappa shape index (κ1) is 9.61. The predicted octanol–water partition coefficient (Wildman–Crippen LogP) is 3.96. The van der Waals surface area contributed by atoms with E-state index in [1.807, 2.05) is 0 Å². The fraction of sp³-hybridized carbons (Fsp3) is 1.00. The van der Waals surface area contributed by atoms with Crippen LogP contribution in [0.2, 0.25) is 0 Å². The molecule has 4 atom stereocenters. The summed E-state index contributed by atoms with van der Waals surface area (Å²) in [5.41, 5.74) is 0.870. The lowest BCUT2D eigenvalue weighted by Crippen LogP contribution is -2.47. The van der Waals surface area contributed by atoms with Crippen molar-refractivity contribution in [2.45, 2.75) is 69.9 Å². The van der Waals surface area contributed by atoms with Crippen molar-refractivity contribution >= 4 is 0 Å². The van der Waals surface area contributed by atoms with E-state index in [1.165, 1.54) is 44.9 Å². The van der Waals surface area contributed by atoms with Crippen molar-refractivity contribution in [2.75, 3.05) is 0 Å². The van der Waals surface area contributed by atoms with E-state index in [9.17, 15) is 0 Å². The van der Waals surface area contributed by atoms with Crippen LogP contribution < -0.4 is 0 Å². The molecule has 0 saturated heterocycles. The van der Waals surface area contributed by atoms with Gasteiger partial charge in [0.1, 0.15) is 0 Å². The SMILES string of the molecule is CC12N=NC(C)(C3CCCC31)C21CCCC1. The minimum atomic E-state index is 0.208. The zero-order valence-corrected chi connectivity index (χ0v) is 10.5. The molecule has 88 valence electrons. The highest BCUT2D eigenvalue weighted by atomic mass is 15.3. The van der Waals surface area contributed by atoms with Gasteiger partial charge in [0.05, 0.1) is 11.1 Å². The molecule has 0 aromatic heterocycles. The molecule has 2 heteroatoms. The van der Waals surface area contributed by atoms with E-state index in [0.717, 1.165) is 11.8 Å². The normalized spacial score (nSPS) is 56.4. The van der Waals surface area contributed by atoms with Crippen LogP contribution in [0.4, 0.5) is 0 Å². The Hall–Kier alpha value is -0.400. The Bertz CT molecular complexity index is 341. The van der Waals surface area contributed by atoms with Crippen LogP contribution in [0.25, 0.3) is 0 Å². The minimum Gasteiger partial charge on any atom is -0.186 e. The first-order valence-electron chi connectivity index (χ1n) is 7.08. The van der Waals surface area contributed by atoms with Crippen LogP contribution in [0.3, 0.4) is 0 Å². The molecule has 0 N–H and O–H groups in total. The molecule has 0 amide bonds. The Morgan fingerprint density at radius 2 is 1.31 bits per heavy atom. The van der Waals surface area contributed by atoms with Crippen LogP contribution in [0.5, 0.6) is 0 Å². The monoisotopic (exact) mass is 218 g/mol. The Morgan fingerprint density at radius 1 is 0.812 bits per heavy atom. The van der Waals surface area contributed by atoms with Crippen LogP contribution >= 0.6 is 0 Å². The summed E-state index contributed by atoms with van der Waals surface area (Å²) in [6.07, 6.45) is 9.85. The molecule has 1 aliphatic heterocycles. The Morgan fingerprint density at radius 3 is 1.81 bits per heavy atom. The molecule has 3 aliphatic carbocycles. The van der Waals surface area contributed by atoms with Gasteiger partial charge in [0.2, 0.25) is 0 Å². The fourth-order valence-corrected chi connectivity index (χ4v) is 6.07. The summed E-state index contributed by atoms with van der Waals surface area (Å²) >= 11 is 0.